The van der Waals surface area contributed by atoms with Crippen molar-refractivity contribution in [2.75, 3.05) is 38.0 Å². The summed E-state index contributed by atoms with van der Waals surface area (Å²) in [5.74, 6) is 2.07. The molecule has 2 N–H and O–H groups in total. The Morgan fingerprint density at radius 1 is 0.923 bits per heavy atom. The molecule has 134 valence electrons. The molecule has 0 aliphatic carbocycles. The van der Waals surface area contributed by atoms with Crippen LogP contribution in [-0.2, 0) is 4.74 Å². The highest BCUT2D eigenvalue weighted by molar-refractivity contribution is 5.66. The first-order chi connectivity index (χ1) is 12.8. The van der Waals surface area contributed by atoms with Gasteiger partial charge < -0.3 is 20.1 Å². The molecule has 3 aromatic rings. The van der Waals surface area contributed by atoms with Gasteiger partial charge in [0.05, 0.1) is 19.4 Å². The van der Waals surface area contributed by atoms with E-state index in [4.69, 9.17) is 9.47 Å². The van der Waals surface area contributed by atoms with Crippen LogP contribution in [-0.4, -0.2) is 37.3 Å². The van der Waals surface area contributed by atoms with Gasteiger partial charge in [-0.15, -0.1) is 0 Å². The molecule has 3 rings (SSSR count). The molecule has 0 spiro atoms. The number of ether oxygens (including phenoxy) is 2. The van der Waals surface area contributed by atoms with Gasteiger partial charge in [-0.3, -0.25) is 0 Å². The van der Waals surface area contributed by atoms with Crippen molar-refractivity contribution < 1.29 is 9.47 Å². The average molecular weight is 350 g/mol. The maximum Gasteiger partial charge on any atom is 0.229 e. The first kappa shape index (κ1) is 17.7. The van der Waals surface area contributed by atoms with Gasteiger partial charge in [-0.1, -0.05) is 30.3 Å². The van der Waals surface area contributed by atoms with E-state index >= 15 is 0 Å². The van der Waals surface area contributed by atoms with Crippen LogP contribution in [0.4, 0.5) is 17.5 Å². The van der Waals surface area contributed by atoms with E-state index in [1.165, 1.54) is 0 Å². The van der Waals surface area contributed by atoms with Crippen molar-refractivity contribution in [3.8, 4) is 17.0 Å². The van der Waals surface area contributed by atoms with Gasteiger partial charge in [-0.2, -0.15) is 4.98 Å². The Kier molecular flexibility index (Phi) is 6.01. The zero-order valence-corrected chi connectivity index (χ0v) is 14.9. The highest BCUT2D eigenvalue weighted by atomic mass is 16.5. The molecular weight excluding hydrogens is 328 g/mol. The highest BCUT2D eigenvalue weighted by Crippen LogP contribution is 2.24. The van der Waals surface area contributed by atoms with Crippen molar-refractivity contribution in [2.24, 2.45) is 0 Å². The molecule has 0 fully saturated rings. The van der Waals surface area contributed by atoms with Crippen LogP contribution in [0, 0.1) is 0 Å². The summed E-state index contributed by atoms with van der Waals surface area (Å²) in [7, 11) is 3.32. The van der Waals surface area contributed by atoms with Crippen LogP contribution in [0.25, 0.3) is 11.3 Å². The van der Waals surface area contributed by atoms with Gasteiger partial charge in [0.15, 0.2) is 0 Å². The molecule has 6 nitrogen and oxygen atoms in total. The summed E-state index contributed by atoms with van der Waals surface area (Å²) in [6, 6.07) is 19.6. The Labute approximate surface area is 153 Å². The Balaban J connectivity index is 1.87. The molecule has 0 amide bonds. The van der Waals surface area contributed by atoms with Crippen LogP contribution in [0.5, 0.6) is 5.75 Å². The second kappa shape index (κ2) is 8.82. The SMILES string of the molecule is COCCNc1cc(-c2ccccc2)nc(Nc2ccc(OC)cc2)n1. The number of aromatic nitrogens is 2. The largest absolute Gasteiger partial charge is 0.497 e. The molecular formula is C20H22N4O2. The molecule has 0 aliphatic rings. The lowest BCUT2D eigenvalue weighted by atomic mass is 10.1. The third kappa shape index (κ3) is 4.70. The summed E-state index contributed by atoms with van der Waals surface area (Å²) < 4.78 is 10.3. The number of nitrogens with zero attached hydrogens (tertiary/aromatic N) is 2. The topological polar surface area (TPSA) is 68.3 Å². The van der Waals surface area contributed by atoms with E-state index < -0.39 is 0 Å². The number of anilines is 3. The van der Waals surface area contributed by atoms with Gasteiger partial charge in [0, 0.05) is 31.0 Å². The Bertz CT molecular complexity index is 823. The lowest BCUT2D eigenvalue weighted by Crippen LogP contribution is -2.10. The number of hydrogen-bond acceptors (Lipinski definition) is 6. The van der Waals surface area contributed by atoms with Crippen LogP contribution in [0.3, 0.4) is 0 Å². The van der Waals surface area contributed by atoms with Gasteiger partial charge in [-0.05, 0) is 24.3 Å². The Morgan fingerprint density at radius 3 is 2.38 bits per heavy atom. The Hall–Kier alpha value is -3.12. The maximum atomic E-state index is 5.19. The van der Waals surface area contributed by atoms with Gasteiger partial charge in [0.1, 0.15) is 11.6 Å². The number of hydrogen-bond donors (Lipinski definition) is 2. The van der Waals surface area contributed by atoms with E-state index in [0.717, 1.165) is 28.5 Å². The molecule has 0 radical (unpaired) electrons. The monoisotopic (exact) mass is 350 g/mol. The molecule has 0 aliphatic heterocycles. The number of rotatable bonds is 8. The third-order valence-corrected chi connectivity index (χ3v) is 3.75. The minimum atomic E-state index is 0.524. The average Bonchev–Trinajstić information content (AvgIpc) is 2.69. The molecule has 6 heteroatoms. The van der Waals surface area contributed by atoms with E-state index in [0.29, 0.717) is 19.1 Å². The van der Waals surface area contributed by atoms with Crippen molar-refractivity contribution in [1.82, 2.24) is 9.97 Å². The standard InChI is InChI=1S/C20H22N4O2/c1-25-13-12-21-19-14-18(15-6-4-3-5-7-15)23-20(24-19)22-16-8-10-17(26-2)11-9-16/h3-11,14H,12-13H2,1-2H3,(H2,21,22,23,24). The van der Waals surface area contributed by atoms with Crippen molar-refractivity contribution in [1.29, 1.82) is 0 Å². The molecule has 0 saturated carbocycles. The second-order valence-electron chi connectivity index (χ2n) is 5.60. The molecule has 0 saturated heterocycles. The van der Waals surface area contributed by atoms with E-state index in [2.05, 4.69) is 20.6 Å². The highest BCUT2D eigenvalue weighted by Gasteiger charge is 2.07. The first-order valence-corrected chi connectivity index (χ1v) is 8.37. The number of methoxy groups -OCH3 is 2. The van der Waals surface area contributed by atoms with E-state index in [9.17, 15) is 0 Å². The Morgan fingerprint density at radius 2 is 1.69 bits per heavy atom. The molecule has 2 aromatic carbocycles. The maximum absolute atomic E-state index is 5.19. The molecule has 1 aromatic heterocycles. The summed E-state index contributed by atoms with van der Waals surface area (Å²) in [6.45, 7) is 1.27. The lowest BCUT2D eigenvalue weighted by molar-refractivity contribution is 0.210. The molecule has 0 bridgehead atoms. The minimum absolute atomic E-state index is 0.524. The summed E-state index contributed by atoms with van der Waals surface area (Å²) in [6.07, 6.45) is 0. The molecule has 1 heterocycles. The van der Waals surface area contributed by atoms with Crippen LogP contribution >= 0.6 is 0 Å². The fourth-order valence-electron chi connectivity index (χ4n) is 2.44. The predicted octanol–water partition coefficient (Wildman–Crippen LogP) is 3.95. The van der Waals surface area contributed by atoms with E-state index in [1.807, 2.05) is 60.7 Å². The first-order valence-electron chi connectivity index (χ1n) is 8.37. The van der Waals surface area contributed by atoms with Crippen LogP contribution in [0.2, 0.25) is 0 Å². The van der Waals surface area contributed by atoms with Gasteiger partial charge in [0.25, 0.3) is 0 Å². The zero-order valence-electron chi connectivity index (χ0n) is 14.9. The molecule has 0 atom stereocenters. The number of benzene rings is 2. The summed E-state index contributed by atoms with van der Waals surface area (Å²) in [4.78, 5) is 9.19. The van der Waals surface area contributed by atoms with Gasteiger partial charge in [-0.25, -0.2) is 4.98 Å². The van der Waals surface area contributed by atoms with E-state index in [-0.39, 0.29) is 0 Å². The molecule has 0 unspecified atom stereocenters. The third-order valence-electron chi connectivity index (χ3n) is 3.75. The fraction of sp³-hybridized carbons (Fsp3) is 0.200. The zero-order chi connectivity index (χ0) is 18.2. The quantitative estimate of drug-likeness (QED) is 0.600. The van der Waals surface area contributed by atoms with Crippen LogP contribution < -0.4 is 15.4 Å². The summed E-state index contributed by atoms with van der Waals surface area (Å²) in [5, 5.41) is 6.51. The summed E-state index contributed by atoms with van der Waals surface area (Å²) in [5.41, 5.74) is 2.76. The van der Waals surface area contributed by atoms with Gasteiger partial charge in [0.2, 0.25) is 5.95 Å². The van der Waals surface area contributed by atoms with Crippen LogP contribution in [0.15, 0.2) is 60.7 Å². The second-order valence-corrected chi connectivity index (χ2v) is 5.60. The normalized spacial score (nSPS) is 10.4. The van der Waals surface area contributed by atoms with E-state index in [1.54, 1.807) is 14.2 Å². The predicted molar refractivity (Wildman–Crippen MR) is 104 cm³/mol. The van der Waals surface area contributed by atoms with Crippen LogP contribution in [0.1, 0.15) is 0 Å². The number of nitrogens with one attached hydrogen (secondary N) is 2. The minimum Gasteiger partial charge on any atom is -0.497 e. The van der Waals surface area contributed by atoms with Gasteiger partial charge >= 0.3 is 0 Å². The fourth-order valence-corrected chi connectivity index (χ4v) is 2.44. The lowest BCUT2D eigenvalue weighted by Gasteiger charge is -2.11. The van der Waals surface area contributed by atoms with Crippen molar-refractivity contribution in [3.63, 3.8) is 0 Å². The van der Waals surface area contributed by atoms with Crippen molar-refractivity contribution in [2.45, 2.75) is 0 Å². The van der Waals surface area contributed by atoms with Crippen molar-refractivity contribution >= 4 is 17.5 Å². The molecule has 26 heavy (non-hydrogen) atoms. The smallest absolute Gasteiger partial charge is 0.229 e. The summed E-state index contributed by atoms with van der Waals surface area (Å²) >= 11 is 0. The van der Waals surface area contributed by atoms with Crippen molar-refractivity contribution in [3.05, 3.63) is 60.7 Å².